The maximum absolute atomic E-state index is 7.17. The second kappa shape index (κ2) is 7.23. The minimum Gasteiger partial charge on any atom is -0.402 e. The fourth-order valence-corrected chi connectivity index (χ4v) is 1.16. The molecule has 0 aliphatic heterocycles. The molecule has 0 aromatic heterocycles. The third kappa shape index (κ3) is 8.89. The molecule has 5 heteroatoms. The Morgan fingerprint density at radius 3 is 1.67 bits per heavy atom. The summed E-state index contributed by atoms with van der Waals surface area (Å²) in [7, 11) is -2.17. The van der Waals surface area contributed by atoms with Crippen molar-refractivity contribution in [2.24, 2.45) is 0 Å². The normalized spacial score (nSPS) is 8.50. The molecular weight excluding hydrogens is 182 g/mol. The third-order valence-electron chi connectivity index (χ3n) is 1.22. The smallest absolute Gasteiger partial charge is 0.402 e. The molecule has 0 aliphatic rings. The van der Waals surface area contributed by atoms with Crippen LogP contribution in [-0.4, -0.2) is 71.3 Å². The van der Waals surface area contributed by atoms with E-state index in [2.05, 4.69) is 31.2 Å². The van der Waals surface area contributed by atoms with Crippen molar-refractivity contribution >= 4 is 55.9 Å². The van der Waals surface area contributed by atoms with Crippen molar-refractivity contribution in [2.45, 2.75) is 6.92 Å². The Kier molecular flexibility index (Phi) is 7.71. The predicted molar refractivity (Wildman–Crippen MR) is 49.0 cm³/mol. The Hall–Kier alpha value is 0.801. The average molecular weight is 192 g/mol. The topological polar surface area (TPSA) is 60.7 Å². The van der Waals surface area contributed by atoms with E-state index in [-0.39, 0.29) is 0 Å². The van der Waals surface area contributed by atoms with Gasteiger partial charge in [-0.25, -0.2) is 0 Å². The molecule has 3 nitrogen and oxygen atoms in total. The molecule has 1 aromatic carbocycles. The van der Waals surface area contributed by atoms with E-state index in [4.69, 9.17) is 15.1 Å². The zero-order valence-electron chi connectivity index (χ0n) is 7.23. The molecule has 0 saturated heterocycles. The van der Waals surface area contributed by atoms with Crippen molar-refractivity contribution in [1.82, 2.24) is 0 Å². The van der Waals surface area contributed by atoms with Crippen LogP contribution in [0.3, 0.4) is 0 Å². The van der Waals surface area contributed by atoms with E-state index in [1.807, 2.05) is 0 Å². The van der Waals surface area contributed by atoms with E-state index in [1.165, 1.54) is 5.22 Å². The maximum atomic E-state index is 7.17. The molecule has 0 heterocycles. The molecule has 0 saturated carbocycles. The standard InChI is InChI=1S/C7H7.BH3O3.K/c1-7-5-3-2-4-6-7;2-1(3)4;/h3-6H,1H3;2-4H;. The van der Waals surface area contributed by atoms with Crippen molar-refractivity contribution in [3.05, 3.63) is 29.8 Å². The predicted octanol–water partition coefficient (Wildman–Crippen LogP) is -1.26. The maximum Gasteiger partial charge on any atom is 0.631 e. The van der Waals surface area contributed by atoms with Crippen LogP contribution >= 0.6 is 0 Å². The van der Waals surface area contributed by atoms with Crippen molar-refractivity contribution in [3.8, 4) is 0 Å². The Morgan fingerprint density at radius 2 is 1.42 bits per heavy atom. The molecular formula is C7H10BKO3. The molecule has 0 radical (unpaired) electrons. The fourth-order valence-electron chi connectivity index (χ4n) is 0.637. The zero-order chi connectivity index (χ0) is 9.56. The molecule has 0 bridgehead atoms. The summed E-state index contributed by atoms with van der Waals surface area (Å²) in [5.74, 6) is 0. The number of aryl methyl sites for hydroxylation is 1. The van der Waals surface area contributed by atoms with Crippen LogP contribution in [0.4, 0.5) is 0 Å². The molecule has 1 aromatic rings. The van der Waals surface area contributed by atoms with Gasteiger partial charge in [-0.3, -0.25) is 0 Å². The summed E-state index contributed by atoms with van der Waals surface area (Å²) in [5, 5.41) is 21.5. The zero-order valence-corrected chi connectivity index (χ0v) is 10.4. The third-order valence-corrected chi connectivity index (χ3v) is 2.26. The van der Waals surface area contributed by atoms with Crippen LogP contribution in [0.1, 0.15) is 5.56 Å². The van der Waals surface area contributed by atoms with Gasteiger partial charge in [-0.1, -0.05) is 0 Å². The summed E-state index contributed by atoms with van der Waals surface area (Å²) in [6.07, 6.45) is 0. The second-order valence-corrected chi connectivity index (χ2v) is 4.30. The van der Waals surface area contributed by atoms with E-state index in [9.17, 15) is 0 Å². The quantitative estimate of drug-likeness (QED) is 0.449. The van der Waals surface area contributed by atoms with Gasteiger partial charge in [0, 0.05) is 0 Å². The van der Waals surface area contributed by atoms with Crippen LogP contribution in [0, 0.1) is 6.92 Å². The van der Waals surface area contributed by atoms with E-state index in [0.717, 1.165) is 49.0 Å². The van der Waals surface area contributed by atoms with Crippen molar-refractivity contribution in [3.63, 3.8) is 0 Å². The van der Waals surface area contributed by atoms with E-state index in [0.29, 0.717) is 0 Å². The molecule has 0 fully saturated rings. The van der Waals surface area contributed by atoms with Crippen LogP contribution in [0.2, 0.25) is 0 Å². The summed E-state index contributed by atoms with van der Waals surface area (Å²) < 4.78 is 1.52. The van der Waals surface area contributed by atoms with Crippen LogP contribution < -0.4 is -0.342 Å². The SMILES string of the molecule is Cc1cc[c]([K])cc1.OB(O)O. The molecule has 0 atom stereocenters. The van der Waals surface area contributed by atoms with Gasteiger partial charge < -0.3 is 15.1 Å². The summed E-state index contributed by atoms with van der Waals surface area (Å²) in [6, 6.07) is 8.74. The minimum atomic E-state index is -2.17. The summed E-state index contributed by atoms with van der Waals surface area (Å²) in [4.78, 5) is 0. The molecule has 12 heavy (non-hydrogen) atoms. The van der Waals surface area contributed by atoms with Gasteiger partial charge in [0.15, 0.2) is 0 Å². The summed E-state index contributed by atoms with van der Waals surface area (Å²) >= 11 is 0.848. The van der Waals surface area contributed by atoms with Crippen LogP contribution in [0.5, 0.6) is 0 Å². The van der Waals surface area contributed by atoms with Crippen LogP contribution in [0.15, 0.2) is 24.3 Å². The second-order valence-electron chi connectivity index (χ2n) is 2.50. The fraction of sp³-hybridized carbons (Fsp3) is 0.143. The molecule has 0 spiro atoms. The van der Waals surface area contributed by atoms with Crippen LogP contribution in [0.25, 0.3) is 0 Å². The van der Waals surface area contributed by atoms with Gasteiger partial charge in [0.1, 0.15) is 0 Å². The first-order valence-electron chi connectivity index (χ1n) is 3.60. The van der Waals surface area contributed by atoms with E-state index < -0.39 is 7.32 Å². The first-order chi connectivity index (χ1) is 5.52. The van der Waals surface area contributed by atoms with Gasteiger partial charge in [0.05, 0.1) is 0 Å². The van der Waals surface area contributed by atoms with Gasteiger partial charge in [-0.2, -0.15) is 0 Å². The molecule has 0 unspecified atom stereocenters. The molecule has 0 amide bonds. The van der Waals surface area contributed by atoms with Crippen LogP contribution in [-0.2, 0) is 0 Å². The summed E-state index contributed by atoms with van der Waals surface area (Å²) in [6.45, 7) is 2.12. The number of hydrogen-bond donors (Lipinski definition) is 3. The molecule has 60 valence electrons. The first kappa shape index (κ1) is 12.8. The molecule has 3 N–H and O–H groups in total. The van der Waals surface area contributed by atoms with Gasteiger partial charge in [0.2, 0.25) is 0 Å². The molecule has 1 rings (SSSR count). The Balaban J connectivity index is 0.000000261. The molecule has 0 aliphatic carbocycles. The van der Waals surface area contributed by atoms with E-state index >= 15 is 0 Å². The van der Waals surface area contributed by atoms with Crippen molar-refractivity contribution in [1.29, 1.82) is 0 Å². The largest absolute Gasteiger partial charge is 0.631 e. The van der Waals surface area contributed by atoms with E-state index in [1.54, 1.807) is 0 Å². The monoisotopic (exact) mass is 192 g/mol. The van der Waals surface area contributed by atoms with Gasteiger partial charge in [0.25, 0.3) is 0 Å². The van der Waals surface area contributed by atoms with Gasteiger partial charge >= 0.3 is 92.7 Å². The summed E-state index contributed by atoms with van der Waals surface area (Å²) in [5.41, 5.74) is 1.36. The Morgan fingerprint density at radius 1 is 1.08 bits per heavy atom. The number of hydrogen-bond acceptors (Lipinski definition) is 3. The number of benzene rings is 1. The number of rotatable bonds is 0. The Labute approximate surface area is 106 Å². The van der Waals surface area contributed by atoms with Gasteiger partial charge in [-0.15, -0.1) is 0 Å². The Bertz CT molecular complexity index is 189. The minimum absolute atomic E-state index is 0.848. The van der Waals surface area contributed by atoms with Gasteiger partial charge in [-0.05, 0) is 0 Å². The first-order valence-corrected chi connectivity index (χ1v) is 5.16. The van der Waals surface area contributed by atoms with Crippen molar-refractivity contribution < 1.29 is 15.1 Å². The average Bonchev–Trinajstić information content (AvgIpc) is 1.94. The van der Waals surface area contributed by atoms with Crippen molar-refractivity contribution in [2.75, 3.05) is 0 Å².